The first-order valence-electron chi connectivity index (χ1n) is 6.39. The summed E-state index contributed by atoms with van der Waals surface area (Å²) in [5, 5.41) is 3.34. The summed E-state index contributed by atoms with van der Waals surface area (Å²) < 4.78 is 27.4. The second kappa shape index (κ2) is 6.27. The predicted octanol–water partition coefficient (Wildman–Crippen LogP) is 1.50. The van der Waals surface area contributed by atoms with E-state index in [0.29, 0.717) is 29.4 Å². The topological polar surface area (TPSA) is 62.3 Å². The number of pyridine rings is 1. The van der Waals surface area contributed by atoms with E-state index < -0.39 is 10.0 Å². The maximum absolute atomic E-state index is 12.6. The number of halogens is 2. The van der Waals surface area contributed by atoms with E-state index >= 15 is 0 Å². The monoisotopic (exact) mass is 381 g/mol. The van der Waals surface area contributed by atoms with Crippen molar-refractivity contribution in [3.63, 3.8) is 0 Å². The lowest BCUT2D eigenvalue weighted by Gasteiger charge is -2.33. The van der Waals surface area contributed by atoms with Crippen LogP contribution in [0.25, 0.3) is 0 Å². The summed E-state index contributed by atoms with van der Waals surface area (Å²) in [6.45, 7) is 3.18. The van der Waals surface area contributed by atoms with Crippen molar-refractivity contribution in [2.24, 2.45) is 11.8 Å². The third-order valence-electron chi connectivity index (χ3n) is 3.98. The van der Waals surface area contributed by atoms with Crippen LogP contribution in [-0.2, 0) is 10.0 Å². The zero-order valence-electron chi connectivity index (χ0n) is 10.8. The van der Waals surface area contributed by atoms with Crippen LogP contribution in [-0.4, -0.2) is 43.9 Å². The van der Waals surface area contributed by atoms with Crippen LogP contribution in [0.4, 0.5) is 0 Å². The Labute approximate surface area is 133 Å². The first kappa shape index (κ1) is 16.2. The van der Waals surface area contributed by atoms with Crippen LogP contribution in [0.15, 0.2) is 27.8 Å². The van der Waals surface area contributed by atoms with Crippen molar-refractivity contribution in [2.75, 3.05) is 26.2 Å². The minimum Gasteiger partial charge on any atom is -0.316 e. The first-order chi connectivity index (χ1) is 9.07. The van der Waals surface area contributed by atoms with Gasteiger partial charge in [0.1, 0.15) is 4.90 Å². The number of hydrogen-bond donors (Lipinski definition) is 1. The van der Waals surface area contributed by atoms with Crippen molar-refractivity contribution in [3.8, 4) is 0 Å². The Morgan fingerprint density at radius 2 is 2.05 bits per heavy atom. The molecule has 2 saturated heterocycles. The largest absolute Gasteiger partial charge is 0.316 e. The summed E-state index contributed by atoms with van der Waals surface area (Å²) in [4.78, 5) is 4.22. The summed E-state index contributed by atoms with van der Waals surface area (Å²) in [5.74, 6) is 1.08. The second-order valence-electron chi connectivity index (χ2n) is 5.17. The molecule has 2 fully saturated rings. The number of rotatable bonds is 2. The van der Waals surface area contributed by atoms with Crippen LogP contribution < -0.4 is 5.32 Å². The molecule has 5 nitrogen and oxygen atoms in total. The van der Waals surface area contributed by atoms with E-state index in [0.717, 1.165) is 19.5 Å². The Morgan fingerprint density at radius 3 is 2.80 bits per heavy atom. The van der Waals surface area contributed by atoms with Crippen molar-refractivity contribution in [1.29, 1.82) is 0 Å². The van der Waals surface area contributed by atoms with Crippen LogP contribution in [0, 0.1) is 11.8 Å². The zero-order valence-corrected chi connectivity index (χ0v) is 14.0. The molecule has 3 heterocycles. The summed E-state index contributed by atoms with van der Waals surface area (Å²) in [6.07, 6.45) is 3.95. The molecule has 20 heavy (non-hydrogen) atoms. The van der Waals surface area contributed by atoms with Crippen LogP contribution in [0.1, 0.15) is 6.42 Å². The minimum absolute atomic E-state index is 0. The van der Waals surface area contributed by atoms with E-state index in [2.05, 4.69) is 26.2 Å². The van der Waals surface area contributed by atoms with Crippen molar-refractivity contribution in [2.45, 2.75) is 11.3 Å². The van der Waals surface area contributed by atoms with Crippen molar-refractivity contribution in [1.82, 2.24) is 14.6 Å². The molecule has 0 bridgehead atoms. The number of nitrogens with zero attached hydrogens (tertiary/aromatic N) is 2. The lowest BCUT2D eigenvalue weighted by Crippen LogP contribution is -2.43. The number of aromatic nitrogens is 1. The van der Waals surface area contributed by atoms with Gasteiger partial charge >= 0.3 is 0 Å². The highest BCUT2D eigenvalue weighted by molar-refractivity contribution is 9.10. The van der Waals surface area contributed by atoms with Gasteiger partial charge in [-0.15, -0.1) is 12.4 Å². The maximum Gasteiger partial charge on any atom is 0.244 e. The summed E-state index contributed by atoms with van der Waals surface area (Å²) in [7, 11) is -3.41. The van der Waals surface area contributed by atoms with E-state index in [1.54, 1.807) is 16.6 Å². The highest BCUT2D eigenvalue weighted by atomic mass is 79.9. The van der Waals surface area contributed by atoms with Crippen LogP contribution in [0.3, 0.4) is 0 Å². The van der Waals surface area contributed by atoms with Gasteiger partial charge in [0.25, 0.3) is 0 Å². The van der Waals surface area contributed by atoms with Gasteiger partial charge in [0.2, 0.25) is 10.0 Å². The summed E-state index contributed by atoms with van der Waals surface area (Å²) in [6, 6.07) is 1.61. The molecule has 2 unspecified atom stereocenters. The molecule has 2 aliphatic rings. The molecule has 0 aliphatic carbocycles. The molecule has 1 aromatic heterocycles. The van der Waals surface area contributed by atoms with Gasteiger partial charge in [-0.05, 0) is 53.3 Å². The van der Waals surface area contributed by atoms with Gasteiger partial charge in [-0.2, -0.15) is 4.31 Å². The summed E-state index contributed by atoms with van der Waals surface area (Å²) in [5.41, 5.74) is 0. The molecule has 0 radical (unpaired) electrons. The zero-order chi connectivity index (χ0) is 13.5. The van der Waals surface area contributed by atoms with Crippen LogP contribution in [0.2, 0.25) is 0 Å². The van der Waals surface area contributed by atoms with Gasteiger partial charge in [-0.3, -0.25) is 4.98 Å². The normalized spacial score (nSPS) is 26.9. The average molecular weight is 383 g/mol. The SMILES string of the molecule is Cl.O=S(=O)(c1cncc(Br)c1)N1CCC2CNCC2C1. The van der Waals surface area contributed by atoms with Crippen molar-refractivity contribution < 1.29 is 8.42 Å². The lowest BCUT2D eigenvalue weighted by molar-refractivity contribution is 0.228. The third-order valence-corrected chi connectivity index (χ3v) is 6.25. The van der Waals surface area contributed by atoms with Crippen LogP contribution in [0.5, 0.6) is 0 Å². The molecule has 8 heteroatoms. The minimum atomic E-state index is -3.41. The molecule has 112 valence electrons. The van der Waals surface area contributed by atoms with Crippen LogP contribution >= 0.6 is 28.3 Å². The Kier molecular flexibility index (Phi) is 5.07. The fourth-order valence-electron chi connectivity index (χ4n) is 2.90. The molecule has 0 saturated carbocycles. The molecule has 3 rings (SSSR count). The average Bonchev–Trinajstić information content (AvgIpc) is 2.85. The van der Waals surface area contributed by atoms with E-state index in [1.165, 1.54) is 6.20 Å². The van der Waals surface area contributed by atoms with E-state index in [4.69, 9.17) is 0 Å². The maximum atomic E-state index is 12.6. The quantitative estimate of drug-likeness (QED) is 0.842. The smallest absolute Gasteiger partial charge is 0.244 e. The number of fused-ring (bicyclic) bond motifs is 1. The Bertz CT molecular complexity index is 584. The summed E-state index contributed by atoms with van der Waals surface area (Å²) >= 11 is 3.27. The number of hydrogen-bond acceptors (Lipinski definition) is 4. The fourth-order valence-corrected chi connectivity index (χ4v) is 4.92. The molecule has 0 aromatic carbocycles. The van der Waals surface area contributed by atoms with E-state index in [1.807, 2.05) is 0 Å². The molecular formula is C12H17BrClN3O2S. The molecule has 1 N–H and O–H groups in total. The second-order valence-corrected chi connectivity index (χ2v) is 8.02. The Balaban J connectivity index is 0.00000147. The van der Waals surface area contributed by atoms with Gasteiger partial charge in [0.15, 0.2) is 0 Å². The number of piperidine rings is 1. The van der Waals surface area contributed by atoms with Gasteiger partial charge in [0, 0.05) is 30.0 Å². The van der Waals surface area contributed by atoms with Crippen molar-refractivity contribution in [3.05, 3.63) is 22.9 Å². The van der Waals surface area contributed by atoms with Gasteiger partial charge in [-0.1, -0.05) is 0 Å². The molecular weight excluding hydrogens is 366 g/mol. The standard InChI is InChI=1S/C12H16BrN3O2S.ClH/c13-11-3-12(7-15-6-11)19(17,18)16-2-1-9-4-14-5-10(9)8-16;/h3,6-7,9-10,14H,1-2,4-5,8H2;1H. The molecule has 0 spiro atoms. The fraction of sp³-hybridized carbons (Fsp3) is 0.583. The molecule has 1 aromatic rings. The van der Waals surface area contributed by atoms with Crippen molar-refractivity contribution >= 4 is 38.4 Å². The third kappa shape index (κ3) is 3.01. The Hall–Kier alpha value is -0.210. The number of sulfonamides is 1. The molecule has 0 amide bonds. The van der Waals surface area contributed by atoms with E-state index in [9.17, 15) is 8.42 Å². The highest BCUT2D eigenvalue weighted by Crippen LogP contribution is 2.30. The predicted molar refractivity (Wildman–Crippen MR) is 82.4 cm³/mol. The van der Waals surface area contributed by atoms with Gasteiger partial charge in [0.05, 0.1) is 0 Å². The van der Waals surface area contributed by atoms with E-state index in [-0.39, 0.29) is 17.3 Å². The molecule has 2 atom stereocenters. The molecule has 2 aliphatic heterocycles. The number of nitrogens with one attached hydrogen (secondary N) is 1. The van der Waals surface area contributed by atoms with Gasteiger partial charge < -0.3 is 5.32 Å². The highest BCUT2D eigenvalue weighted by Gasteiger charge is 2.37. The first-order valence-corrected chi connectivity index (χ1v) is 8.62. The lowest BCUT2D eigenvalue weighted by atomic mass is 9.90. The van der Waals surface area contributed by atoms with Gasteiger partial charge in [-0.25, -0.2) is 8.42 Å². The Morgan fingerprint density at radius 1 is 1.30 bits per heavy atom.